The SMILES string of the molecule is CC(=O)CNc1ccc(NC(=O)c2ccc(C)c(Oc3ncccc3-c3ccncn3)c2)cc1. The van der Waals surface area contributed by atoms with E-state index in [1.165, 1.54) is 13.3 Å². The minimum Gasteiger partial charge on any atom is -0.438 e. The van der Waals surface area contributed by atoms with E-state index in [4.69, 9.17) is 4.74 Å². The second-order valence-electron chi connectivity index (χ2n) is 7.62. The first-order chi connectivity index (χ1) is 16.5. The van der Waals surface area contributed by atoms with Crippen LogP contribution in [0.25, 0.3) is 11.3 Å². The molecule has 0 spiro atoms. The smallest absolute Gasteiger partial charge is 0.255 e. The van der Waals surface area contributed by atoms with E-state index in [0.717, 1.165) is 16.8 Å². The van der Waals surface area contributed by atoms with Crippen molar-refractivity contribution >= 4 is 23.1 Å². The van der Waals surface area contributed by atoms with Crippen LogP contribution in [0.15, 0.2) is 79.4 Å². The van der Waals surface area contributed by atoms with Crippen molar-refractivity contribution in [3.63, 3.8) is 0 Å². The van der Waals surface area contributed by atoms with Gasteiger partial charge in [0.25, 0.3) is 5.91 Å². The van der Waals surface area contributed by atoms with Gasteiger partial charge in [0.1, 0.15) is 17.9 Å². The van der Waals surface area contributed by atoms with E-state index in [-0.39, 0.29) is 18.2 Å². The monoisotopic (exact) mass is 453 g/mol. The van der Waals surface area contributed by atoms with Gasteiger partial charge in [0.05, 0.1) is 17.8 Å². The average Bonchev–Trinajstić information content (AvgIpc) is 2.85. The number of Topliss-reactive ketones (excluding diaryl/α,β-unsaturated/α-hetero) is 1. The van der Waals surface area contributed by atoms with E-state index >= 15 is 0 Å². The van der Waals surface area contributed by atoms with Crippen molar-refractivity contribution < 1.29 is 14.3 Å². The number of nitrogens with one attached hydrogen (secondary N) is 2. The molecule has 2 heterocycles. The summed E-state index contributed by atoms with van der Waals surface area (Å²) in [7, 11) is 0. The molecule has 0 unspecified atom stereocenters. The molecule has 1 amide bonds. The number of amides is 1. The number of rotatable bonds is 8. The predicted octanol–water partition coefficient (Wildman–Crippen LogP) is 4.89. The van der Waals surface area contributed by atoms with E-state index in [9.17, 15) is 9.59 Å². The van der Waals surface area contributed by atoms with Crippen molar-refractivity contribution in [2.24, 2.45) is 0 Å². The van der Waals surface area contributed by atoms with E-state index < -0.39 is 0 Å². The van der Waals surface area contributed by atoms with Crippen LogP contribution in [0.5, 0.6) is 11.6 Å². The van der Waals surface area contributed by atoms with Gasteiger partial charge in [-0.3, -0.25) is 9.59 Å². The van der Waals surface area contributed by atoms with Crippen LogP contribution in [0.1, 0.15) is 22.8 Å². The number of aryl methyl sites for hydroxylation is 1. The molecule has 0 bridgehead atoms. The van der Waals surface area contributed by atoms with Crippen molar-refractivity contribution in [3.05, 3.63) is 90.5 Å². The van der Waals surface area contributed by atoms with Gasteiger partial charge in [-0.15, -0.1) is 0 Å². The molecule has 0 saturated heterocycles. The molecule has 2 N–H and O–H groups in total. The third kappa shape index (κ3) is 5.60. The van der Waals surface area contributed by atoms with Crippen LogP contribution in [0.3, 0.4) is 0 Å². The predicted molar refractivity (Wildman–Crippen MR) is 130 cm³/mol. The lowest BCUT2D eigenvalue weighted by atomic mass is 10.1. The van der Waals surface area contributed by atoms with E-state index in [1.54, 1.807) is 54.9 Å². The Hall–Kier alpha value is -4.59. The lowest BCUT2D eigenvalue weighted by molar-refractivity contribution is -0.115. The van der Waals surface area contributed by atoms with E-state index in [1.807, 2.05) is 25.1 Å². The maximum atomic E-state index is 12.9. The maximum Gasteiger partial charge on any atom is 0.255 e. The second-order valence-corrected chi connectivity index (χ2v) is 7.62. The number of pyridine rings is 1. The molecule has 0 aliphatic rings. The van der Waals surface area contributed by atoms with Crippen LogP contribution in [0, 0.1) is 6.92 Å². The molecular formula is C26H23N5O3. The molecule has 0 aliphatic carbocycles. The molecule has 0 fully saturated rings. The fourth-order valence-corrected chi connectivity index (χ4v) is 3.17. The van der Waals surface area contributed by atoms with Crippen LogP contribution in [0.4, 0.5) is 11.4 Å². The zero-order chi connectivity index (χ0) is 23.9. The van der Waals surface area contributed by atoms with Crippen LogP contribution in [-0.4, -0.2) is 33.2 Å². The summed E-state index contributed by atoms with van der Waals surface area (Å²) in [6.07, 6.45) is 4.76. The highest BCUT2D eigenvalue weighted by atomic mass is 16.5. The number of ketones is 1. The minimum atomic E-state index is -0.272. The highest BCUT2D eigenvalue weighted by Crippen LogP contribution is 2.32. The summed E-state index contributed by atoms with van der Waals surface area (Å²) < 4.78 is 6.11. The molecule has 2 aromatic heterocycles. The quantitative estimate of drug-likeness (QED) is 0.391. The van der Waals surface area contributed by atoms with Gasteiger partial charge in [-0.1, -0.05) is 6.07 Å². The molecular weight excluding hydrogens is 430 g/mol. The Labute approximate surface area is 197 Å². The number of hydrogen-bond donors (Lipinski definition) is 2. The number of aromatic nitrogens is 3. The molecule has 8 heteroatoms. The van der Waals surface area contributed by atoms with Gasteiger partial charge in [-0.25, -0.2) is 15.0 Å². The molecule has 34 heavy (non-hydrogen) atoms. The van der Waals surface area contributed by atoms with Gasteiger partial charge < -0.3 is 15.4 Å². The highest BCUT2D eigenvalue weighted by molar-refractivity contribution is 6.04. The number of carbonyl (C=O) groups is 2. The lowest BCUT2D eigenvalue weighted by Crippen LogP contribution is -2.12. The normalized spacial score (nSPS) is 10.4. The summed E-state index contributed by atoms with van der Waals surface area (Å²) in [5.41, 5.74) is 4.14. The summed E-state index contributed by atoms with van der Waals surface area (Å²) in [6.45, 7) is 3.68. The fourth-order valence-electron chi connectivity index (χ4n) is 3.17. The molecule has 0 atom stereocenters. The zero-order valence-corrected chi connectivity index (χ0v) is 18.8. The third-order valence-corrected chi connectivity index (χ3v) is 4.97. The standard InChI is InChI=1S/C26H23N5O3/c1-17-5-6-19(25(33)31-21-9-7-20(8-10-21)29-15-18(2)32)14-24(17)34-26-22(4-3-12-28-26)23-11-13-27-16-30-23/h3-14,16,29H,15H2,1-2H3,(H,31,33). The number of benzene rings is 2. The van der Waals surface area contributed by atoms with Gasteiger partial charge in [0.15, 0.2) is 0 Å². The summed E-state index contributed by atoms with van der Waals surface area (Å²) in [5, 5.41) is 5.89. The lowest BCUT2D eigenvalue weighted by Gasteiger charge is -2.13. The Morgan fingerprint density at radius 1 is 0.941 bits per heavy atom. The van der Waals surface area contributed by atoms with Crippen molar-refractivity contribution in [1.82, 2.24) is 15.0 Å². The van der Waals surface area contributed by atoms with Crippen LogP contribution in [0.2, 0.25) is 0 Å². The fraction of sp³-hybridized carbons (Fsp3) is 0.115. The molecule has 4 rings (SSSR count). The number of ether oxygens (including phenoxy) is 1. The van der Waals surface area contributed by atoms with E-state index in [0.29, 0.717) is 28.6 Å². The first kappa shape index (κ1) is 22.6. The summed E-state index contributed by atoms with van der Waals surface area (Å²) >= 11 is 0. The zero-order valence-electron chi connectivity index (χ0n) is 18.8. The Morgan fingerprint density at radius 3 is 2.47 bits per heavy atom. The first-order valence-electron chi connectivity index (χ1n) is 10.6. The van der Waals surface area contributed by atoms with Crippen molar-refractivity contribution in [3.8, 4) is 22.9 Å². The number of nitrogens with zero attached hydrogens (tertiary/aromatic N) is 3. The average molecular weight is 454 g/mol. The van der Waals surface area contributed by atoms with Gasteiger partial charge in [0.2, 0.25) is 5.88 Å². The van der Waals surface area contributed by atoms with Gasteiger partial charge >= 0.3 is 0 Å². The maximum absolute atomic E-state index is 12.9. The summed E-state index contributed by atoms with van der Waals surface area (Å²) in [4.78, 5) is 36.5. The van der Waals surface area contributed by atoms with Crippen molar-refractivity contribution in [2.75, 3.05) is 17.2 Å². The first-order valence-corrected chi connectivity index (χ1v) is 10.6. The number of carbonyl (C=O) groups excluding carboxylic acids is 2. The molecule has 0 saturated carbocycles. The Bertz CT molecular complexity index is 1310. The van der Waals surface area contributed by atoms with Crippen molar-refractivity contribution in [1.29, 1.82) is 0 Å². The number of anilines is 2. The van der Waals surface area contributed by atoms with Crippen LogP contribution in [-0.2, 0) is 4.79 Å². The van der Waals surface area contributed by atoms with E-state index in [2.05, 4.69) is 25.6 Å². The van der Waals surface area contributed by atoms with Crippen LogP contribution < -0.4 is 15.4 Å². The Balaban J connectivity index is 1.51. The van der Waals surface area contributed by atoms with Gasteiger partial charge in [0, 0.05) is 29.3 Å². The van der Waals surface area contributed by atoms with Crippen LogP contribution >= 0.6 is 0 Å². The minimum absolute atomic E-state index is 0.0460. The molecule has 0 radical (unpaired) electrons. The molecule has 4 aromatic rings. The second kappa shape index (κ2) is 10.4. The Morgan fingerprint density at radius 2 is 1.74 bits per heavy atom. The summed E-state index contributed by atoms with van der Waals surface area (Å²) in [6, 6.07) is 17.9. The van der Waals surface area contributed by atoms with Gasteiger partial charge in [-0.2, -0.15) is 0 Å². The summed E-state index contributed by atoms with van der Waals surface area (Å²) in [5.74, 6) is 0.678. The highest BCUT2D eigenvalue weighted by Gasteiger charge is 2.14. The molecule has 170 valence electrons. The largest absolute Gasteiger partial charge is 0.438 e. The molecule has 0 aliphatic heterocycles. The van der Waals surface area contributed by atoms with Crippen molar-refractivity contribution in [2.45, 2.75) is 13.8 Å². The Kier molecular flexibility index (Phi) is 6.88. The van der Waals surface area contributed by atoms with Gasteiger partial charge in [-0.05, 0) is 74.0 Å². The number of hydrogen-bond acceptors (Lipinski definition) is 7. The third-order valence-electron chi connectivity index (χ3n) is 4.97. The molecule has 2 aromatic carbocycles. The topological polar surface area (TPSA) is 106 Å². The molecule has 8 nitrogen and oxygen atoms in total.